The molecule has 0 bridgehead atoms. The van der Waals surface area contributed by atoms with E-state index < -0.39 is 0 Å². The Morgan fingerprint density at radius 1 is 1.11 bits per heavy atom. The number of hydrogen-bond acceptors (Lipinski definition) is 1. The summed E-state index contributed by atoms with van der Waals surface area (Å²) in [5.74, 6) is 0.250. The van der Waals surface area contributed by atoms with E-state index >= 15 is 0 Å². The van der Waals surface area contributed by atoms with Crippen LogP contribution in [0.4, 0.5) is 0 Å². The molecule has 0 aliphatic carbocycles. The van der Waals surface area contributed by atoms with Crippen molar-refractivity contribution in [2.75, 3.05) is 0 Å². The van der Waals surface area contributed by atoms with E-state index in [1.807, 2.05) is 67.6 Å². The van der Waals surface area contributed by atoms with Gasteiger partial charge >= 0.3 is 0 Å². The molecular weight excluding hydrogens is 232 g/mol. The predicted molar refractivity (Wildman–Crippen MR) is 79.5 cm³/mol. The van der Waals surface area contributed by atoms with Crippen molar-refractivity contribution in [3.63, 3.8) is 0 Å². The molecule has 0 amide bonds. The van der Waals surface area contributed by atoms with Crippen LogP contribution < -0.4 is 0 Å². The normalized spacial score (nSPS) is 11.8. The van der Waals surface area contributed by atoms with Gasteiger partial charge in [0.25, 0.3) is 0 Å². The third-order valence-corrected chi connectivity index (χ3v) is 3.36. The van der Waals surface area contributed by atoms with Crippen LogP contribution in [-0.4, -0.2) is 5.78 Å². The van der Waals surface area contributed by atoms with Crippen LogP contribution in [0.2, 0.25) is 0 Å². The summed E-state index contributed by atoms with van der Waals surface area (Å²) in [6, 6.07) is 17.8. The fourth-order valence-electron chi connectivity index (χ4n) is 2.23. The lowest BCUT2D eigenvalue weighted by Crippen LogP contribution is -2.07. The molecule has 0 radical (unpaired) electrons. The van der Waals surface area contributed by atoms with E-state index in [1.54, 1.807) is 0 Å². The Hall–Kier alpha value is -2.15. The van der Waals surface area contributed by atoms with Crippen LogP contribution in [0.3, 0.4) is 0 Å². The highest BCUT2D eigenvalue weighted by atomic mass is 16.1. The van der Waals surface area contributed by atoms with Gasteiger partial charge in [-0.15, -0.1) is 6.58 Å². The summed E-state index contributed by atoms with van der Waals surface area (Å²) in [6.45, 7) is 5.83. The monoisotopic (exact) mass is 250 g/mol. The zero-order valence-corrected chi connectivity index (χ0v) is 11.2. The zero-order chi connectivity index (χ0) is 13.7. The first kappa shape index (κ1) is 13.3. The molecular formula is C18H18O. The molecule has 96 valence electrons. The van der Waals surface area contributed by atoms with Crippen molar-refractivity contribution in [3.8, 4) is 0 Å². The van der Waals surface area contributed by atoms with Crippen LogP contribution in [0.1, 0.15) is 33.8 Å². The Labute approximate surface area is 114 Å². The van der Waals surface area contributed by atoms with Crippen molar-refractivity contribution in [1.29, 1.82) is 0 Å². The standard InChI is InChI=1S/C18H18O/c1-3-15(16-10-5-4-6-11-16)13-18(19)17-12-8-7-9-14(17)2/h3-12,15H,1,13H2,2H3. The van der Waals surface area contributed by atoms with Crippen LogP contribution in [0.15, 0.2) is 67.3 Å². The fourth-order valence-corrected chi connectivity index (χ4v) is 2.23. The largest absolute Gasteiger partial charge is 0.294 e. The van der Waals surface area contributed by atoms with E-state index in [0.717, 1.165) is 16.7 Å². The second-order valence-electron chi connectivity index (χ2n) is 4.70. The number of benzene rings is 2. The minimum absolute atomic E-state index is 0.0771. The quantitative estimate of drug-likeness (QED) is 0.562. The van der Waals surface area contributed by atoms with Gasteiger partial charge in [0, 0.05) is 17.9 Å². The van der Waals surface area contributed by atoms with Gasteiger partial charge in [-0.3, -0.25) is 4.79 Å². The van der Waals surface area contributed by atoms with Crippen molar-refractivity contribution in [3.05, 3.63) is 83.9 Å². The molecule has 0 aliphatic heterocycles. The van der Waals surface area contributed by atoms with E-state index in [0.29, 0.717) is 6.42 Å². The van der Waals surface area contributed by atoms with Gasteiger partial charge in [-0.1, -0.05) is 60.7 Å². The summed E-state index contributed by atoms with van der Waals surface area (Å²) in [5, 5.41) is 0. The first-order valence-corrected chi connectivity index (χ1v) is 6.48. The minimum atomic E-state index is 0.0771. The van der Waals surface area contributed by atoms with Crippen molar-refractivity contribution >= 4 is 5.78 Å². The molecule has 0 fully saturated rings. The zero-order valence-electron chi connectivity index (χ0n) is 11.2. The molecule has 1 atom stereocenters. The number of allylic oxidation sites excluding steroid dienone is 1. The van der Waals surface area contributed by atoms with E-state index in [1.165, 1.54) is 0 Å². The first-order valence-electron chi connectivity index (χ1n) is 6.48. The SMILES string of the molecule is C=CC(CC(=O)c1ccccc1C)c1ccccc1. The average Bonchev–Trinajstić information content (AvgIpc) is 2.46. The van der Waals surface area contributed by atoms with Gasteiger partial charge in [0.05, 0.1) is 0 Å². The summed E-state index contributed by atoms with van der Waals surface area (Å²) in [5.41, 5.74) is 2.98. The molecule has 0 saturated carbocycles. The van der Waals surface area contributed by atoms with Crippen molar-refractivity contribution < 1.29 is 4.79 Å². The van der Waals surface area contributed by atoms with Gasteiger partial charge in [0.1, 0.15) is 0 Å². The highest BCUT2D eigenvalue weighted by Gasteiger charge is 2.15. The molecule has 1 unspecified atom stereocenters. The van der Waals surface area contributed by atoms with Crippen LogP contribution in [0, 0.1) is 6.92 Å². The molecule has 0 aromatic heterocycles. The lowest BCUT2D eigenvalue weighted by molar-refractivity contribution is 0.0978. The van der Waals surface area contributed by atoms with Crippen LogP contribution in [0.5, 0.6) is 0 Å². The fraction of sp³-hybridized carbons (Fsp3) is 0.167. The third-order valence-electron chi connectivity index (χ3n) is 3.36. The molecule has 1 nitrogen and oxygen atoms in total. The maximum Gasteiger partial charge on any atom is 0.164 e. The van der Waals surface area contributed by atoms with Gasteiger partial charge in [-0.2, -0.15) is 0 Å². The van der Waals surface area contributed by atoms with Crippen LogP contribution >= 0.6 is 0 Å². The highest BCUT2D eigenvalue weighted by molar-refractivity contribution is 5.98. The van der Waals surface area contributed by atoms with Gasteiger partial charge < -0.3 is 0 Å². The Bertz CT molecular complexity index is 569. The summed E-state index contributed by atoms with van der Waals surface area (Å²) in [6.07, 6.45) is 2.32. The van der Waals surface area contributed by atoms with Crippen molar-refractivity contribution in [2.24, 2.45) is 0 Å². The summed E-state index contributed by atoms with van der Waals surface area (Å²) in [4.78, 5) is 12.4. The Balaban J connectivity index is 2.18. The molecule has 0 saturated heterocycles. The number of Topliss-reactive ketones (excluding diaryl/α,β-unsaturated/α-hetero) is 1. The molecule has 2 aromatic rings. The molecule has 0 heterocycles. The molecule has 1 heteroatoms. The van der Waals surface area contributed by atoms with Gasteiger partial charge in [0.15, 0.2) is 5.78 Å². The first-order chi connectivity index (χ1) is 9.22. The minimum Gasteiger partial charge on any atom is -0.294 e. The van der Waals surface area contributed by atoms with Gasteiger partial charge in [-0.05, 0) is 18.1 Å². The molecule has 0 spiro atoms. The summed E-state index contributed by atoms with van der Waals surface area (Å²) in [7, 11) is 0. The number of carbonyl (C=O) groups is 1. The Morgan fingerprint density at radius 2 is 1.74 bits per heavy atom. The summed E-state index contributed by atoms with van der Waals surface area (Å²) >= 11 is 0. The lowest BCUT2D eigenvalue weighted by atomic mass is 9.90. The third kappa shape index (κ3) is 3.19. The maximum atomic E-state index is 12.4. The number of ketones is 1. The van der Waals surface area contributed by atoms with E-state index in [-0.39, 0.29) is 11.7 Å². The predicted octanol–water partition coefficient (Wildman–Crippen LogP) is 4.54. The van der Waals surface area contributed by atoms with Crippen molar-refractivity contribution in [2.45, 2.75) is 19.3 Å². The Morgan fingerprint density at radius 3 is 2.37 bits per heavy atom. The average molecular weight is 250 g/mol. The second-order valence-corrected chi connectivity index (χ2v) is 4.70. The Kier molecular flexibility index (Phi) is 4.30. The van der Waals surface area contributed by atoms with E-state index in [9.17, 15) is 4.79 Å². The molecule has 0 aliphatic rings. The van der Waals surface area contributed by atoms with Crippen LogP contribution in [0.25, 0.3) is 0 Å². The smallest absolute Gasteiger partial charge is 0.164 e. The number of carbonyl (C=O) groups excluding carboxylic acids is 1. The molecule has 2 rings (SSSR count). The molecule has 0 N–H and O–H groups in total. The van der Waals surface area contributed by atoms with Crippen molar-refractivity contribution in [1.82, 2.24) is 0 Å². The van der Waals surface area contributed by atoms with Crippen LogP contribution in [-0.2, 0) is 0 Å². The summed E-state index contributed by atoms with van der Waals surface area (Å²) < 4.78 is 0. The second kappa shape index (κ2) is 6.14. The topological polar surface area (TPSA) is 17.1 Å². The number of hydrogen-bond donors (Lipinski definition) is 0. The van der Waals surface area contributed by atoms with E-state index in [2.05, 4.69) is 6.58 Å². The van der Waals surface area contributed by atoms with Gasteiger partial charge in [-0.25, -0.2) is 0 Å². The molecule has 2 aromatic carbocycles. The molecule has 19 heavy (non-hydrogen) atoms. The maximum absolute atomic E-state index is 12.4. The van der Waals surface area contributed by atoms with E-state index in [4.69, 9.17) is 0 Å². The number of aryl methyl sites for hydroxylation is 1. The highest BCUT2D eigenvalue weighted by Crippen LogP contribution is 2.23. The van der Waals surface area contributed by atoms with Gasteiger partial charge in [0.2, 0.25) is 0 Å². The number of rotatable bonds is 5. The lowest BCUT2D eigenvalue weighted by Gasteiger charge is -2.13.